The van der Waals surface area contributed by atoms with E-state index in [1.807, 2.05) is 13.1 Å². The maximum atomic E-state index is 4.55. The van der Waals surface area contributed by atoms with Gasteiger partial charge in [0.05, 0.1) is 0 Å². The summed E-state index contributed by atoms with van der Waals surface area (Å²) >= 11 is 3.55. The number of nitrogens with zero attached hydrogens (tertiary/aromatic N) is 5. The number of aromatic nitrogens is 2. The molecule has 1 aliphatic carbocycles. The molecule has 156 valence electrons. The van der Waals surface area contributed by atoms with Crippen LogP contribution in [0.15, 0.2) is 52.2 Å². The Bertz CT molecular complexity index is 802. The summed E-state index contributed by atoms with van der Waals surface area (Å²) in [5.74, 6) is 1.81. The van der Waals surface area contributed by atoms with Crippen LogP contribution in [0.2, 0.25) is 0 Å². The zero-order chi connectivity index (χ0) is 19.4. The Balaban J connectivity index is 0.00000240. The molecule has 1 aromatic carbocycles. The van der Waals surface area contributed by atoms with Gasteiger partial charge in [-0.1, -0.05) is 34.5 Å². The van der Waals surface area contributed by atoms with Crippen LogP contribution in [0.25, 0.3) is 0 Å². The third-order valence-corrected chi connectivity index (χ3v) is 6.51. The van der Waals surface area contributed by atoms with E-state index in [1.165, 1.54) is 24.8 Å². The van der Waals surface area contributed by atoms with Crippen molar-refractivity contribution in [2.24, 2.45) is 4.99 Å². The largest absolute Gasteiger partial charge is 0.355 e. The number of rotatable bonds is 4. The van der Waals surface area contributed by atoms with E-state index in [9.17, 15) is 0 Å². The van der Waals surface area contributed by atoms with E-state index in [0.29, 0.717) is 0 Å². The zero-order valence-electron chi connectivity index (χ0n) is 16.7. The first kappa shape index (κ1) is 22.3. The predicted molar refractivity (Wildman–Crippen MR) is 132 cm³/mol. The van der Waals surface area contributed by atoms with Gasteiger partial charge in [-0.15, -0.1) is 24.0 Å². The van der Waals surface area contributed by atoms with Gasteiger partial charge in [0.25, 0.3) is 0 Å². The van der Waals surface area contributed by atoms with Gasteiger partial charge in [-0.3, -0.25) is 4.99 Å². The lowest BCUT2D eigenvalue weighted by atomic mass is 9.64. The number of hydrogen-bond acceptors (Lipinski definition) is 4. The fourth-order valence-corrected chi connectivity index (χ4v) is 4.39. The first-order valence-corrected chi connectivity index (χ1v) is 10.7. The lowest BCUT2D eigenvalue weighted by molar-refractivity contribution is 0.240. The van der Waals surface area contributed by atoms with Crippen LogP contribution >= 0.6 is 39.9 Å². The van der Waals surface area contributed by atoms with Crippen LogP contribution in [0.3, 0.4) is 0 Å². The van der Waals surface area contributed by atoms with Gasteiger partial charge in [-0.05, 0) is 36.6 Å². The maximum Gasteiger partial charge on any atom is 0.225 e. The molecule has 2 heterocycles. The number of piperazine rings is 1. The first-order chi connectivity index (χ1) is 13.7. The molecule has 2 aromatic rings. The second-order valence-corrected chi connectivity index (χ2v) is 8.48. The minimum absolute atomic E-state index is 0. The molecule has 1 saturated heterocycles. The van der Waals surface area contributed by atoms with Crippen molar-refractivity contribution >= 4 is 51.8 Å². The van der Waals surface area contributed by atoms with Crippen molar-refractivity contribution in [2.45, 2.75) is 24.7 Å². The van der Waals surface area contributed by atoms with E-state index < -0.39 is 0 Å². The molecule has 1 aliphatic heterocycles. The van der Waals surface area contributed by atoms with Crippen molar-refractivity contribution in [2.75, 3.05) is 44.7 Å². The molecular weight excluding hydrogens is 543 g/mol. The van der Waals surface area contributed by atoms with Crippen LogP contribution in [-0.2, 0) is 5.41 Å². The second-order valence-electron chi connectivity index (χ2n) is 7.56. The number of nitrogens with one attached hydrogen (secondary N) is 1. The van der Waals surface area contributed by atoms with Gasteiger partial charge >= 0.3 is 0 Å². The maximum absolute atomic E-state index is 4.55. The van der Waals surface area contributed by atoms with Gasteiger partial charge < -0.3 is 15.1 Å². The summed E-state index contributed by atoms with van der Waals surface area (Å²) in [4.78, 5) is 17.9. The average molecular weight is 571 g/mol. The normalized spacial score (nSPS) is 18.6. The van der Waals surface area contributed by atoms with Crippen LogP contribution in [0, 0.1) is 0 Å². The van der Waals surface area contributed by atoms with Crippen LogP contribution in [0.1, 0.15) is 24.8 Å². The molecule has 2 fully saturated rings. The molecule has 1 N–H and O–H groups in total. The minimum Gasteiger partial charge on any atom is -0.355 e. The number of hydrogen-bond donors (Lipinski definition) is 1. The molecular formula is C21H28BrIN6. The van der Waals surface area contributed by atoms with Gasteiger partial charge in [0.15, 0.2) is 5.96 Å². The van der Waals surface area contributed by atoms with Crippen LogP contribution < -0.4 is 10.2 Å². The lowest BCUT2D eigenvalue weighted by Crippen LogP contribution is -2.55. The SMILES string of the molecule is CN=C(NCC1(c2ccc(Br)cc2)CCC1)N1CCN(c2ncccn2)CC1.I. The topological polar surface area (TPSA) is 56.7 Å². The van der Waals surface area contributed by atoms with Gasteiger partial charge in [-0.2, -0.15) is 0 Å². The number of guanidine groups is 1. The summed E-state index contributed by atoms with van der Waals surface area (Å²) in [5, 5.41) is 3.66. The van der Waals surface area contributed by atoms with E-state index in [-0.39, 0.29) is 29.4 Å². The van der Waals surface area contributed by atoms with Crippen LogP contribution in [0.5, 0.6) is 0 Å². The Kier molecular flexibility index (Phi) is 7.72. The highest BCUT2D eigenvalue weighted by Crippen LogP contribution is 2.43. The highest BCUT2D eigenvalue weighted by atomic mass is 127. The Labute approximate surface area is 198 Å². The van der Waals surface area contributed by atoms with Gasteiger partial charge in [-0.25, -0.2) is 9.97 Å². The quantitative estimate of drug-likeness (QED) is 0.345. The van der Waals surface area contributed by atoms with E-state index in [1.54, 1.807) is 12.4 Å². The molecule has 29 heavy (non-hydrogen) atoms. The molecule has 8 heteroatoms. The Morgan fingerprint density at radius 2 is 1.76 bits per heavy atom. The molecule has 0 bridgehead atoms. The summed E-state index contributed by atoms with van der Waals surface area (Å²) in [6.45, 7) is 4.58. The first-order valence-electron chi connectivity index (χ1n) is 9.94. The summed E-state index contributed by atoms with van der Waals surface area (Å²) in [5.41, 5.74) is 1.66. The Morgan fingerprint density at radius 1 is 1.10 bits per heavy atom. The van der Waals surface area contributed by atoms with Crippen molar-refractivity contribution in [3.05, 3.63) is 52.8 Å². The molecule has 2 aliphatic rings. The van der Waals surface area contributed by atoms with Gasteiger partial charge in [0.2, 0.25) is 5.95 Å². The number of aliphatic imine (C=N–C) groups is 1. The van der Waals surface area contributed by atoms with Crippen molar-refractivity contribution in [3.8, 4) is 0 Å². The number of benzene rings is 1. The van der Waals surface area contributed by atoms with Crippen LogP contribution in [-0.4, -0.2) is 60.6 Å². The molecule has 0 atom stereocenters. The fourth-order valence-electron chi connectivity index (χ4n) is 4.13. The van der Waals surface area contributed by atoms with E-state index in [4.69, 9.17) is 0 Å². The Hall–Kier alpha value is -1.42. The van der Waals surface area contributed by atoms with Crippen molar-refractivity contribution < 1.29 is 0 Å². The van der Waals surface area contributed by atoms with Crippen molar-refractivity contribution in [1.82, 2.24) is 20.2 Å². The molecule has 0 amide bonds. The monoisotopic (exact) mass is 570 g/mol. The van der Waals surface area contributed by atoms with Crippen molar-refractivity contribution in [1.29, 1.82) is 0 Å². The average Bonchev–Trinajstić information content (AvgIpc) is 2.72. The van der Waals surface area contributed by atoms with E-state index >= 15 is 0 Å². The van der Waals surface area contributed by atoms with E-state index in [0.717, 1.165) is 49.1 Å². The summed E-state index contributed by atoms with van der Waals surface area (Å²) in [7, 11) is 1.88. The molecule has 1 saturated carbocycles. The molecule has 4 rings (SSSR count). The van der Waals surface area contributed by atoms with Gasteiger partial charge in [0.1, 0.15) is 0 Å². The fraction of sp³-hybridized carbons (Fsp3) is 0.476. The summed E-state index contributed by atoms with van der Waals surface area (Å²) in [6, 6.07) is 10.7. The standard InChI is InChI=1S/C21H27BrN6.HI/c1-23-19(27-12-14-28(15-13-27)20-24-10-3-11-25-20)26-16-21(8-2-9-21)17-4-6-18(22)7-5-17;/h3-7,10-11H,2,8-9,12-16H2,1H3,(H,23,26);1H. The number of anilines is 1. The smallest absolute Gasteiger partial charge is 0.225 e. The Morgan fingerprint density at radius 3 is 2.31 bits per heavy atom. The second kappa shape index (κ2) is 10.1. The molecule has 6 nitrogen and oxygen atoms in total. The van der Waals surface area contributed by atoms with E-state index in [2.05, 4.69) is 70.3 Å². The summed E-state index contributed by atoms with van der Waals surface area (Å²) in [6.07, 6.45) is 7.37. The molecule has 0 unspecified atom stereocenters. The third-order valence-electron chi connectivity index (χ3n) is 5.98. The third kappa shape index (κ3) is 5.02. The highest BCUT2D eigenvalue weighted by Gasteiger charge is 2.39. The minimum atomic E-state index is 0. The summed E-state index contributed by atoms with van der Waals surface area (Å²) < 4.78 is 1.13. The van der Waals surface area contributed by atoms with Crippen LogP contribution in [0.4, 0.5) is 5.95 Å². The zero-order valence-corrected chi connectivity index (χ0v) is 20.6. The number of halogens is 2. The predicted octanol–water partition coefficient (Wildman–Crippen LogP) is 3.68. The van der Waals surface area contributed by atoms with Crippen molar-refractivity contribution in [3.63, 3.8) is 0 Å². The highest BCUT2D eigenvalue weighted by molar-refractivity contribution is 14.0. The van der Waals surface area contributed by atoms with Gasteiger partial charge in [0, 0.05) is 62.1 Å². The molecule has 0 radical (unpaired) electrons. The lowest BCUT2D eigenvalue weighted by Gasteiger charge is -2.44. The molecule has 1 aromatic heterocycles. The molecule has 0 spiro atoms.